The van der Waals surface area contributed by atoms with Gasteiger partial charge in [-0.05, 0) is 25.1 Å². The number of alkyl halides is 3. The first-order valence-electron chi connectivity index (χ1n) is 8.86. The number of aromatic nitrogens is 7. The van der Waals surface area contributed by atoms with Crippen molar-refractivity contribution in [3.63, 3.8) is 0 Å². The van der Waals surface area contributed by atoms with E-state index in [-0.39, 0.29) is 24.6 Å². The highest BCUT2D eigenvalue weighted by molar-refractivity contribution is 5.72. The minimum absolute atomic E-state index is 0.143. The molecule has 154 valence electrons. The van der Waals surface area contributed by atoms with Crippen LogP contribution in [0.4, 0.5) is 13.2 Å². The highest BCUT2D eigenvalue weighted by Gasteiger charge is 2.34. The molecule has 0 N–H and O–H groups in total. The smallest absolute Gasteiger partial charge is 0.377 e. The lowest BCUT2D eigenvalue weighted by atomic mass is 10.1. The summed E-state index contributed by atoms with van der Waals surface area (Å²) >= 11 is 0. The van der Waals surface area contributed by atoms with Crippen molar-refractivity contribution in [3.8, 4) is 28.7 Å². The van der Waals surface area contributed by atoms with Crippen LogP contribution >= 0.6 is 0 Å². The highest BCUT2D eigenvalue weighted by Crippen LogP contribution is 2.38. The maximum absolute atomic E-state index is 13.4. The molecule has 0 bridgehead atoms. The Morgan fingerprint density at radius 1 is 1.23 bits per heavy atom. The molecule has 0 amide bonds. The fourth-order valence-electron chi connectivity index (χ4n) is 3.49. The van der Waals surface area contributed by atoms with E-state index in [9.17, 15) is 13.2 Å². The molecule has 0 saturated carbocycles. The third kappa shape index (κ3) is 2.79. The summed E-state index contributed by atoms with van der Waals surface area (Å²) in [5.41, 5.74) is 1.08. The van der Waals surface area contributed by atoms with Gasteiger partial charge in [-0.2, -0.15) is 18.2 Å². The van der Waals surface area contributed by atoms with Crippen molar-refractivity contribution >= 4 is 0 Å². The van der Waals surface area contributed by atoms with Crippen LogP contribution in [0.1, 0.15) is 22.9 Å². The van der Waals surface area contributed by atoms with Gasteiger partial charge in [-0.15, -0.1) is 10.2 Å². The van der Waals surface area contributed by atoms with Crippen molar-refractivity contribution in [2.75, 3.05) is 7.11 Å². The standard InChI is InChI=1S/C18H14F3N7O2/c1-9-23-17(30-26-9)15-13-6-27-14(7-29-2)24-25-16(27)11-5-10(18(19,20)21)3-4-12(11)28(13)8-22-15/h3-5,8H,6-7H2,1-2H3. The molecule has 4 heterocycles. The Balaban J connectivity index is 1.78. The van der Waals surface area contributed by atoms with Gasteiger partial charge in [0.25, 0.3) is 5.89 Å². The number of ether oxygens (including phenoxy) is 1. The Hall–Kier alpha value is -3.54. The van der Waals surface area contributed by atoms with Crippen LogP contribution in [0.2, 0.25) is 0 Å². The molecule has 1 aliphatic heterocycles. The number of halogens is 3. The number of hydrogen-bond acceptors (Lipinski definition) is 7. The Bertz CT molecular complexity index is 1260. The molecular formula is C18H14F3N7O2. The number of fused-ring (bicyclic) bond motifs is 5. The molecule has 1 aliphatic rings. The van der Waals surface area contributed by atoms with Crippen LogP contribution in [0.3, 0.4) is 0 Å². The van der Waals surface area contributed by atoms with Gasteiger partial charge in [0.05, 0.1) is 23.5 Å². The molecule has 0 aliphatic carbocycles. The topological polar surface area (TPSA) is 96.7 Å². The minimum Gasteiger partial charge on any atom is -0.377 e. The first kappa shape index (κ1) is 18.5. The van der Waals surface area contributed by atoms with E-state index < -0.39 is 11.7 Å². The molecule has 0 atom stereocenters. The van der Waals surface area contributed by atoms with Crippen molar-refractivity contribution in [3.05, 3.63) is 47.4 Å². The molecule has 0 fully saturated rings. The second kappa shape index (κ2) is 6.49. The number of rotatable bonds is 3. The number of hydrogen-bond donors (Lipinski definition) is 0. The SMILES string of the molecule is COCc1nnc2n1Cc1c(-c3nc(C)no3)ncn1-c1ccc(C(F)(F)F)cc1-2. The Kier molecular flexibility index (Phi) is 4.00. The molecule has 9 nitrogen and oxygen atoms in total. The lowest BCUT2D eigenvalue weighted by Gasteiger charge is -2.12. The van der Waals surface area contributed by atoms with Crippen LogP contribution in [0.25, 0.3) is 28.7 Å². The number of methoxy groups -OCH3 is 1. The van der Waals surface area contributed by atoms with Gasteiger partial charge in [-0.25, -0.2) is 4.98 Å². The summed E-state index contributed by atoms with van der Waals surface area (Å²) in [4.78, 5) is 8.61. The van der Waals surface area contributed by atoms with Crippen molar-refractivity contribution in [1.82, 2.24) is 34.5 Å². The molecule has 0 unspecified atom stereocenters. The number of nitrogens with zero attached hydrogens (tertiary/aromatic N) is 7. The fraction of sp³-hybridized carbons (Fsp3) is 0.278. The Morgan fingerprint density at radius 3 is 2.77 bits per heavy atom. The molecule has 4 aromatic rings. The first-order chi connectivity index (χ1) is 14.4. The monoisotopic (exact) mass is 417 g/mol. The van der Waals surface area contributed by atoms with Gasteiger partial charge < -0.3 is 13.8 Å². The zero-order valence-electron chi connectivity index (χ0n) is 15.8. The molecule has 30 heavy (non-hydrogen) atoms. The number of benzene rings is 1. The summed E-state index contributed by atoms with van der Waals surface area (Å²) < 4.78 is 54.0. The van der Waals surface area contributed by atoms with Crippen molar-refractivity contribution in [1.29, 1.82) is 0 Å². The van der Waals surface area contributed by atoms with Gasteiger partial charge in [0, 0.05) is 12.7 Å². The van der Waals surface area contributed by atoms with Crippen LogP contribution in [0.5, 0.6) is 0 Å². The highest BCUT2D eigenvalue weighted by atomic mass is 19.4. The van der Waals surface area contributed by atoms with E-state index in [0.717, 1.165) is 12.1 Å². The molecule has 0 radical (unpaired) electrons. The van der Waals surface area contributed by atoms with Crippen molar-refractivity contribution < 1.29 is 22.4 Å². The average molecular weight is 417 g/mol. The Labute approximate surface area is 167 Å². The molecule has 12 heteroatoms. The summed E-state index contributed by atoms with van der Waals surface area (Å²) in [5.74, 6) is 1.44. The lowest BCUT2D eigenvalue weighted by molar-refractivity contribution is -0.137. The Morgan fingerprint density at radius 2 is 2.07 bits per heavy atom. The third-order valence-electron chi connectivity index (χ3n) is 4.83. The van der Waals surface area contributed by atoms with Gasteiger partial charge >= 0.3 is 6.18 Å². The van der Waals surface area contributed by atoms with Crippen LogP contribution in [0, 0.1) is 6.92 Å². The summed E-state index contributed by atoms with van der Waals surface area (Å²) in [7, 11) is 1.50. The molecule has 3 aromatic heterocycles. The van der Waals surface area contributed by atoms with E-state index in [1.165, 1.54) is 19.5 Å². The van der Waals surface area contributed by atoms with E-state index in [1.54, 1.807) is 16.1 Å². The van der Waals surface area contributed by atoms with Crippen LogP contribution in [-0.4, -0.2) is 41.6 Å². The van der Waals surface area contributed by atoms with Gasteiger partial charge in [0.1, 0.15) is 12.9 Å². The van der Waals surface area contributed by atoms with Gasteiger partial charge in [-0.1, -0.05) is 5.16 Å². The van der Waals surface area contributed by atoms with Gasteiger partial charge in [-0.3, -0.25) is 4.57 Å². The summed E-state index contributed by atoms with van der Waals surface area (Å²) in [6.07, 6.45) is -2.97. The summed E-state index contributed by atoms with van der Waals surface area (Å²) in [5, 5.41) is 12.1. The minimum atomic E-state index is -4.49. The van der Waals surface area contributed by atoms with E-state index >= 15 is 0 Å². The van der Waals surface area contributed by atoms with Gasteiger partial charge in [0.15, 0.2) is 23.2 Å². The second-order valence-corrected chi connectivity index (χ2v) is 6.75. The van der Waals surface area contributed by atoms with Crippen LogP contribution in [0.15, 0.2) is 29.0 Å². The largest absolute Gasteiger partial charge is 0.416 e. The molecule has 0 saturated heterocycles. The van der Waals surface area contributed by atoms with Gasteiger partial charge in [0.2, 0.25) is 0 Å². The zero-order valence-corrected chi connectivity index (χ0v) is 15.8. The number of imidazole rings is 1. The van der Waals surface area contributed by atoms with Crippen LogP contribution in [-0.2, 0) is 24.1 Å². The second-order valence-electron chi connectivity index (χ2n) is 6.75. The first-order valence-corrected chi connectivity index (χ1v) is 8.86. The molecule has 1 aromatic carbocycles. The maximum atomic E-state index is 13.4. The predicted molar refractivity (Wildman–Crippen MR) is 95.4 cm³/mol. The number of aryl methyl sites for hydroxylation is 1. The summed E-state index contributed by atoms with van der Waals surface area (Å²) in [6, 6.07) is 3.49. The van der Waals surface area contributed by atoms with Crippen molar-refractivity contribution in [2.24, 2.45) is 0 Å². The average Bonchev–Trinajstić information content (AvgIpc) is 3.39. The zero-order chi connectivity index (χ0) is 21.0. The van der Waals surface area contributed by atoms with Crippen LogP contribution < -0.4 is 0 Å². The third-order valence-corrected chi connectivity index (χ3v) is 4.83. The van der Waals surface area contributed by atoms with E-state index in [1.807, 2.05) is 0 Å². The molecular weight excluding hydrogens is 403 g/mol. The quantitative estimate of drug-likeness (QED) is 0.445. The molecule has 0 spiro atoms. The van der Waals surface area contributed by atoms with E-state index in [0.29, 0.717) is 34.5 Å². The maximum Gasteiger partial charge on any atom is 0.416 e. The van der Waals surface area contributed by atoms with E-state index in [2.05, 4.69) is 25.3 Å². The summed E-state index contributed by atoms with van der Waals surface area (Å²) in [6.45, 7) is 2.06. The van der Waals surface area contributed by atoms with E-state index in [4.69, 9.17) is 9.26 Å². The normalized spacial score (nSPS) is 13.0. The predicted octanol–water partition coefficient (Wildman–Crippen LogP) is 3.02. The molecule has 5 rings (SSSR count). The lowest BCUT2D eigenvalue weighted by Crippen LogP contribution is -2.09. The van der Waals surface area contributed by atoms with Crippen molar-refractivity contribution in [2.45, 2.75) is 26.3 Å². The fourth-order valence-corrected chi connectivity index (χ4v) is 3.49.